The van der Waals surface area contributed by atoms with Crippen molar-refractivity contribution in [2.45, 2.75) is 17.6 Å². The van der Waals surface area contributed by atoms with Crippen molar-refractivity contribution >= 4 is 0 Å². The summed E-state index contributed by atoms with van der Waals surface area (Å²) < 4.78 is 23.3. The summed E-state index contributed by atoms with van der Waals surface area (Å²) in [7, 11) is 0. The molecule has 0 saturated heterocycles. The Balaban J connectivity index is 1.24. The number of fused-ring (bicyclic) bond motifs is 1. The highest BCUT2D eigenvalue weighted by Gasteiger charge is 2.68. The van der Waals surface area contributed by atoms with Gasteiger partial charge in [-0.2, -0.15) is 0 Å². The lowest BCUT2D eigenvalue weighted by Gasteiger charge is -2.24. The van der Waals surface area contributed by atoms with Crippen LogP contribution in [0.2, 0.25) is 0 Å². The minimum atomic E-state index is -0.501. The number of hydrogen-bond donors (Lipinski definition) is 2. The molecule has 152 valence electrons. The maximum atomic E-state index is 9.74. The van der Waals surface area contributed by atoms with E-state index >= 15 is 0 Å². The number of phenolic OH excluding ortho intramolecular Hbond substituents is 2. The molecule has 2 aromatic carbocycles. The Morgan fingerprint density at radius 3 is 1.55 bits per heavy atom. The number of benzene rings is 2. The van der Waals surface area contributed by atoms with Gasteiger partial charge in [0.2, 0.25) is 0 Å². The fraction of sp³-hybridized carbons (Fsp3) is 0.304. The van der Waals surface area contributed by atoms with Crippen LogP contribution in [0, 0.1) is 0 Å². The molecule has 1 fully saturated rings. The van der Waals surface area contributed by atoms with Crippen molar-refractivity contribution in [2.24, 2.45) is 0 Å². The molecule has 0 aliphatic heterocycles. The van der Waals surface area contributed by atoms with E-state index in [9.17, 15) is 10.2 Å². The largest absolute Gasteiger partial charge is 0.504 e. The van der Waals surface area contributed by atoms with E-state index in [0.717, 1.165) is 6.42 Å². The van der Waals surface area contributed by atoms with Crippen LogP contribution in [0.1, 0.15) is 6.42 Å². The van der Waals surface area contributed by atoms with Crippen LogP contribution in [0.5, 0.6) is 23.0 Å². The second kappa shape index (κ2) is 8.19. The first kappa shape index (κ1) is 19.4. The summed E-state index contributed by atoms with van der Waals surface area (Å²) >= 11 is 0. The first-order valence-electron chi connectivity index (χ1n) is 9.61. The summed E-state index contributed by atoms with van der Waals surface area (Å²) in [5.41, 5.74) is -1.00. The number of aromatic hydroxyl groups is 2. The topological polar surface area (TPSA) is 77.4 Å². The molecule has 0 bridgehead atoms. The summed E-state index contributed by atoms with van der Waals surface area (Å²) in [5, 5.41) is 19.5. The third-order valence-electron chi connectivity index (χ3n) is 5.09. The van der Waals surface area contributed by atoms with Crippen LogP contribution in [0.3, 0.4) is 0 Å². The van der Waals surface area contributed by atoms with Crippen LogP contribution in [0.15, 0.2) is 72.8 Å². The van der Waals surface area contributed by atoms with E-state index in [0.29, 0.717) is 37.9 Å². The molecular formula is C23H24O6. The van der Waals surface area contributed by atoms with Gasteiger partial charge in [-0.3, -0.25) is 0 Å². The van der Waals surface area contributed by atoms with E-state index in [1.165, 1.54) is 0 Å². The van der Waals surface area contributed by atoms with Gasteiger partial charge in [0.05, 0.1) is 13.2 Å². The zero-order valence-corrected chi connectivity index (χ0v) is 16.0. The number of phenols is 2. The maximum Gasteiger partial charge on any atom is 0.161 e. The van der Waals surface area contributed by atoms with Gasteiger partial charge in [-0.25, -0.2) is 0 Å². The zero-order chi connectivity index (χ0) is 20.2. The summed E-state index contributed by atoms with van der Waals surface area (Å²) in [4.78, 5) is 0. The molecule has 29 heavy (non-hydrogen) atoms. The van der Waals surface area contributed by atoms with E-state index in [1.54, 1.807) is 48.5 Å². The van der Waals surface area contributed by atoms with Gasteiger partial charge in [-0.1, -0.05) is 36.4 Å². The van der Waals surface area contributed by atoms with Crippen molar-refractivity contribution in [1.29, 1.82) is 0 Å². The van der Waals surface area contributed by atoms with Crippen LogP contribution < -0.4 is 9.47 Å². The minimum absolute atomic E-state index is 0.111. The molecule has 2 N–H and O–H groups in total. The average molecular weight is 396 g/mol. The van der Waals surface area contributed by atoms with Crippen molar-refractivity contribution in [1.82, 2.24) is 0 Å². The van der Waals surface area contributed by atoms with Gasteiger partial charge in [0.15, 0.2) is 23.0 Å². The number of para-hydroxylation sites is 4. The van der Waals surface area contributed by atoms with Gasteiger partial charge >= 0.3 is 0 Å². The average Bonchev–Trinajstić information content (AvgIpc) is 3.40. The van der Waals surface area contributed by atoms with E-state index in [2.05, 4.69) is 0 Å². The van der Waals surface area contributed by atoms with Gasteiger partial charge < -0.3 is 29.2 Å². The first-order valence-corrected chi connectivity index (χ1v) is 9.61. The molecular weight excluding hydrogens is 372 g/mol. The summed E-state index contributed by atoms with van der Waals surface area (Å²) in [6.45, 7) is 1.38. The second-order valence-corrected chi connectivity index (χ2v) is 7.00. The Morgan fingerprint density at radius 2 is 1.10 bits per heavy atom. The normalized spacial score (nSPS) is 24.1. The van der Waals surface area contributed by atoms with Crippen LogP contribution in [-0.2, 0) is 9.47 Å². The van der Waals surface area contributed by atoms with Crippen molar-refractivity contribution in [3.05, 3.63) is 72.8 Å². The molecule has 4 rings (SSSR count). The highest BCUT2D eigenvalue weighted by molar-refractivity contribution is 5.43. The Kier molecular flexibility index (Phi) is 5.47. The Hall–Kier alpha value is -2.96. The van der Waals surface area contributed by atoms with Crippen LogP contribution in [-0.4, -0.2) is 47.8 Å². The summed E-state index contributed by atoms with van der Waals surface area (Å²) in [5.74, 6) is 1.10. The summed E-state index contributed by atoms with van der Waals surface area (Å²) in [6, 6.07) is 13.7. The van der Waals surface area contributed by atoms with Gasteiger partial charge in [-0.05, 0) is 36.4 Å². The Morgan fingerprint density at radius 1 is 0.655 bits per heavy atom. The molecule has 0 radical (unpaired) electrons. The van der Waals surface area contributed by atoms with Gasteiger partial charge in [0.1, 0.15) is 24.4 Å². The molecule has 1 saturated carbocycles. The third kappa shape index (κ3) is 4.09. The molecule has 6 heteroatoms. The van der Waals surface area contributed by atoms with E-state index < -0.39 is 11.2 Å². The van der Waals surface area contributed by atoms with E-state index in [1.807, 2.05) is 24.3 Å². The van der Waals surface area contributed by atoms with Crippen LogP contribution in [0.25, 0.3) is 0 Å². The molecule has 2 aliphatic rings. The number of allylic oxidation sites excluding steroid dienone is 2. The molecule has 0 amide bonds. The number of hydrogen-bond acceptors (Lipinski definition) is 6. The molecule has 6 nitrogen and oxygen atoms in total. The lowest BCUT2D eigenvalue weighted by atomic mass is 10.1. The van der Waals surface area contributed by atoms with Crippen molar-refractivity contribution in [3.8, 4) is 23.0 Å². The smallest absolute Gasteiger partial charge is 0.161 e. The quantitative estimate of drug-likeness (QED) is 0.598. The predicted octanol–water partition coefficient (Wildman–Crippen LogP) is 3.60. The van der Waals surface area contributed by atoms with E-state index in [4.69, 9.17) is 18.9 Å². The maximum absolute atomic E-state index is 9.74. The van der Waals surface area contributed by atoms with Gasteiger partial charge in [-0.15, -0.1) is 0 Å². The standard InChI is InChI=1S/C23H24O6/c24-18-7-1-3-9-20(18)26-13-15-28-22-11-5-6-12-23(22,17-22)29-16-14-27-21-10-4-2-8-19(21)25/h1-12,24-25H,13-17H2. The molecule has 2 aromatic rings. The lowest BCUT2D eigenvalue weighted by Crippen LogP contribution is -2.32. The Bertz CT molecular complexity index is 834. The molecule has 0 aromatic heterocycles. The third-order valence-corrected chi connectivity index (χ3v) is 5.09. The predicted molar refractivity (Wildman–Crippen MR) is 107 cm³/mol. The fourth-order valence-corrected chi connectivity index (χ4v) is 3.52. The van der Waals surface area contributed by atoms with Gasteiger partial charge in [0.25, 0.3) is 0 Å². The SMILES string of the molecule is Oc1ccccc1OCCOC12C=CC=CC1(OCCOc1ccccc1O)C2. The minimum Gasteiger partial charge on any atom is -0.504 e. The zero-order valence-electron chi connectivity index (χ0n) is 16.0. The van der Waals surface area contributed by atoms with Crippen molar-refractivity contribution < 1.29 is 29.2 Å². The molecule has 0 heterocycles. The lowest BCUT2D eigenvalue weighted by molar-refractivity contribution is -0.0425. The summed E-state index contributed by atoms with van der Waals surface area (Å²) in [6.07, 6.45) is 8.65. The van der Waals surface area contributed by atoms with Crippen LogP contribution in [0.4, 0.5) is 0 Å². The van der Waals surface area contributed by atoms with Crippen molar-refractivity contribution in [2.75, 3.05) is 26.4 Å². The Labute approximate surface area is 169 Å². The first-order chi connectivity index (χ1) is 14.1. The van der Waals surface area contributed by atoms with Gasteiger partial charge in [0, 0.05) is 6.42 Å². The molecule has 2 aliphatic carbocycles. The van der Waals surface area contributed by atoms with Crippen LogP contribution >= 0.6 is 0 Å². The second-order valence-electron chi connectivity index (χ2n) is 7.00. The molecule has 0 spiro atoms. The molecule has 2 unspecified atom stereocenters. The monoisotopic (exact) mass is 396 g/mol. The van der Waals surface area contributed by atoms with Crippen molar-refractivity contribution in [3.63, 3.8) is 0 Å². The fourth-order valence-electron chi connectivity index (χ4n) is 3.52. The number of rotatable bonds is 10. The van der Waals surface area contributed by atoms with E-state index in [-0.39, 0.29) is 11.5 Å². The highest BCUT2D eigenvalue weighted by Crippen LogP contribution is 2.57. The number of ether oxygens (including phenoxy) is 4. The molecule has 2 atom stereocenters. The highest BCUT2D eigenvalue weighted by atomic mass is 16.6.